The van der Waals surface area contributed by atoms with Crippen molar-refractivity contribution in [2.45, 2.75) is 20.3 Å². The fraction of sp³-hybridized carbons (Fsp3) is 0.292. The van der Waals surface area contributed by atoms with Gasteiger partial charge in [0.1, 0.15) is 0 Å². The molecule has 4 aromatic rings. The number of aromatic amines is 1. The Bertz CT molecular complexity index is 1240. The van der Waals surface area contributed by atoms with Crippen molar-refractivity contribution in [1.29, 1.82) is 0 Å². The standard InChI is InChI=1S/C24H25BrN6O/c1-16-22(17(2)31(28-16)19-10-8-18(25)9-11-19)23(32)29-12-5-13-30(15-14-29)24-26-20-6-3-4-7-21(20)27-24/h3-4,6-11H,5,12-15H2,1-2H3,(H,26,27). The number of anilines is 1. The third-order valence-corrected chi connectivity index (χ3v) is 6.56. The number of aryl methyl sites for hydroxylation is 1. The van der Waals surface area contributed by atoms with E-state index in [2.05, 4.69) is 30.9 Å². The minimum Gasteiger partial charge on any atom is -0.341 e. The van der Waals surface area contributed by atoms with Crippen LogP contribution in [0.25, 0.3) is 16.7 Å². The lowest BCUT2D eigenvalue weighted by molar-refractivity contribution is 0.0765. The molecule has 0 aliphatic carbocycles. The van der Waals surface area contributed by atoms with Gasteiger partial charge in [-0.1, -0.05) is 28.1 Å². The SMILES string of the molecule is Cc1nn(-c2ccc(Br)cc2)c(C)c1C(=O)N1CCCN(c2nc3ccccc3[nH]2)CC1. The Balaban J connectivity index is 1.35. The van der Waals surface area contributed by atoms with Gasteiger partial charge in [-0.25, -0.2) is 9.67 Å². The zero-order chi connectivity index (χ0) is 22.2. The molecule has 0 bridgehead atoms. The second-order valence-electron chi connectivity index (χ2n) is 8.14. The van der Waals surface area contributed by atoms with Gasteiger partial charge in [0.15, 0.2) is 0 Å². The molecule has 0 saturated carbocycles. The van der Waals surface area contributed by atoms with Crippen molar-refractivity contribution in [2.75, 3.05) is 31.1 Å². The topological polar surface area (TPSA) is 70.1 Å². The molecule has 1 aliphatic rings. The number of aromatic nitrogens is 4. The van der Waals surface area contributed by atoms with Crippen molar-refractivity contribution in [3.63, 3.8) is 0 Å². The number of nitrogens with one attached hydrogen (secondary N) is 1. The minimum atomic E-state index is 0.0508. The molecule has 1 fully saturated rings. The van der Waals surface area contributed by atoms with E-state index in [1.54, 1.807) is 0 Å². The third-order valence-electron chi connectivity index (χ3n) is 6.04. The summed E-state index contributed by atoms with van der Waals surface area (Å²) in [6.07, 6.45) is 0.891. The molecule has 8 heteroatoms. The summed E-state index contributed by atoms with van der Waals surface area (Å²) in [5, 5.41) is 4.66. The van der Waals surface area contributed by atoms with Gasteiger partial charge in [0.25, 0.3) is 5.91 Å². The Kier molecular flexibility index (Phi) is 5.46. The molecule has 2 aromatic carbocycles. The van der Waals surface area contributed by atoms with E-state index in [0.717, 1.165) is 64.6 Å². The molecule has 0 radical (unpaired) electrons. The first-order valence-corrected chi connectivity index (χ1v) is 11.6. The number of H-pyrrole nitrogens is 1. The van der Waals surface area contributed by atoms with Gasteiger partial charge in [-0.3, -0.25) is 4.79 Å². The van der Waals surface area contributed by atoms with Crippen LogP contribution in [0.15, 0.2) is 53.0 Å². The number of fused-ring (bicyclic) bond motifs is 1. The third kappa shape index (κ3) is 3.79. The molecule has 2 aromatic heterocycles. The van der Waals surface area contributed by atoms with E-state index in [1.807, 2.05) is 72.0 Å². The van der Waals surface area contributed by atoms with Gasteiger partial charge in [0, 0.05) is 30.7 Å². The van der Waals surface area contributed by atoms with Gasteiger partial charge >= 0.3 is 0 Å². The number of halogens is 1. The van der Waals surface area contributed by atoms with Crippen LogP contribution in [0.3, 0.4) is 0 Å². The average Bonchev–Trinajstić information content (AvgIpc) is 3.24. The van der Waals surface area contributed by atoms with E-state index >= 15 is 0 Å². The van der Waals surface area contributed by atoms with Crippen molar-refractivity contribution < 1.29 is 4.79 Å². The van der Waals surface area contributed by atoms with Crippen LogP contribution in [0.1, 0.15) is 28.2 Å². The maximum Gasteiger partial charge on any atom is 0.257 e. The van der Waals surface area contributed by atoms with Crippen molar-refractivity contribution >= 4 is 38.8 Å². The molecule has 5 rings (SSSR count). The van der Waals surface area contributed by atoms with Crippen molar-refractivity contribution in [2.24, 2.45) is 0 Å². The zero-order valence-corrected chi connectivity index (χ0v) is 19.8. The normalized spacial score (nSPS) is 14.7. The van der Waals surface area contributed by atoms with Crippen LogP contribution >= 0.6 is 15.9 Å². The van der Waals surface area contributed by atoms with E-state index in [-0.39, 0.29) is 5.91 Å². The maximum atomic E-state index is 13.5. The number of nitrogens with zero attached hydrogens (tertiary/aromatic N) is 5. The smallest absolute Gasteiger partial charge is 0.257 e. The van der Waals surface area contributed by atoms with Crippen LogP contribution in [0.2, 0.25) is 0 Å². The number of imidazole rings is 1. The van der Waals surface area contributed by atoms with Crippen molar-refractivity contribution in [1.82, 2.24) is 24.6 Å². The Morgan fingerprint density at radius 2 is 1.78 bits per heavy atom. The second-order valence-corrected chi connectivity index (χ2v) is 9.06. The molecule has 0 atom stereocenters. The predicted molar refractivity (Wildman–Crippen MR) is 130 cm³/mol. The molecule has 7 nitrogen and oxygen atoms in total. The molecule has 0 unspecified atom stereocenters. The number of carbonyl (C=O) groups excluding carboxylic acids is 1. The van der Waals surface area contributed by atoms with Gasteiger partial charge in [0.2, 0.25) is 5.95 Å². The van der Waals surface area contributed by atoms with Crippen molar-refractivity contribution in [3.05, 3.63) is 70.0 Å². The van der Waals surface area contributed by atoms with E-state index in [0.29, 0.717) is 12.1 Å². The lowest BCUT2D eigenvalue weighted by atomic mass is 10.1. The molecule has 0 spiro atoms. The Morgan fingerprint density at radius 3 is 2.56 bits per heavy atom. The lowest BCUT2D eigenvalue weighted by Gasteiger charge is -2.22. The van der Waals surface area contributed by atoms with Crippen LogP contribution in [-0.2, 0) is 0 Å². The lowest BCUT2D eigenvalue weighted by Crippen LogP contribution is -2.36. The molecule has 3 heterocycles. The molecule has 164 valence electrons. The average molecular weight is 493 g/mol. The first-order chi connectivity index (χ1) is 15.5. The first kappa shape index (κ1) is 20.8. The van der Waals surface area contributed by atoms with E-state index in [4.69, 9.17) is 4.98 Å². The highest BCUT2D eigenvalue weighted by atomic mass is 79.9. The maximum absolute atomic E-state index is 13.5. The predicted octanol–water partition coefficient (Wildman–Crippen LogP) is 4.48. The van der Waals surface area contributed by atoms with E-state index in [9.17, 15) is 4.79 Å². The summed E-state index contributed by atoms with van der Waals surface area (Å²) in [4.78, 5) is 25.8. The van der Waals surface area contributed by atoms with Gasteiger partial charge in [0.05, 0.1) is 33.7 Å². The minimum absolute atomic E-state index is 0.0508. The summed E-state index contributed by atoms with van der Waals surface area (Å²) in [6, 6.07) is 16.0. The molecule has 1 amide bonds. The monoisotopic (exact) mass is 492 g/mol. The van der Waals surface area contributed by atoms with Crippen LogP contribution < -0.4 is 4.90 Å². The van der Waals surface area contributed by atoms with Gasteiger partial charge in [-0.15, -0.1) is 0 Å². The summed E-state index contributed by atoms with van der Waals surface area (Å²) >= 11 is 3.47. The highest BCUT2D eigenvalue weighted by Gasteiger charge is 2.26. The molecular formula is C24H25BrN6O. The highest BCUT2D eigenvalue weighted by Crippen LogP contribution is 2.23. The quantitative estimate of drug-likeness (QED) is 0.457. The molecular weight excluding hydrogens is 468 g/mol. The summed E-state index contributed by atoms with van der Waals surface area (Å²) in [6.45, 7) is 6.85. The number of hydrogen-bond donors (Lipinski definition) is 1. The van der Waals surface area contributed by atoms with Crippen LogP contribution in [0.4, 0.5) is 5.95 Å². The van der Waals surface area contributed by atoms with Gasteiger partial charge < -0.3 is 14.8 Å². The molecule has 1 saturated heterocycles. The fourth-order valence-electron chi connectivity index (χ4n) is 4.37. The number of rotatable bonds is 3. The Labute approximate surface area is 195 Å². The number of hydrogen-bond acceptors (Lipinski definition) is 4. The fourth-order valence-corrected chi connectivity index (χ4v) is 4.63. The van der Waals surface area contributed by atoms with Crippen LogP contribution in [-0.4, -0.2) is 56.7 Å². The number of carbonyl (C=O) groups is 1. The summed E-state index contributed by atoms with van der Waals surface area (Å²) in [5.74, 6) is 0.922. The summed E-state index contributed by atoms with van der Waals surface area (Å²) in [7, 11) is 0. The number of para-hydroxylation sites is 2. The van der Waals surface area contributed by atoms with Gasteiger partial charge in [-0.05, 0) is 56.7 Å². The van der Waals surface area contributed by atoms with Crippen LogP contribution in [0.5, 0.6) is 0 Å². The summed E-state index contributed by atoms with van der Waals surface area (Å²) < 4.78 is 2.87. The molecule has 32 heavy (non-hydrogen) atoms. The van der Waals surface area contributed by atoms with E-state index in [1.165, 1.54) is 0 Å². The van der Waals surface area contributed by atoms with Crippen LogP contribution in [0, 0.1) is 13.8 Å². The number of amides is 1. The molecule has 1 aliphatic heterocycles. The first-order valence-electron chi connectivity index (χ1n) is 10.8. The highest BCUT2D eigenvalue weighted by molar-refractivity contribution is 9.10. The summed E-state index contributed by atoms with van der Waals surface area (Å²) in [5.41, 5.74) is 5.27. The Morgan fingerprint density at radius 1 is 1.00 bits per heavy atom. The Hall–Kier alpha value is -3.13. The zero-order valence-electron chi connectivity index (χ0n) is 18.2. The van der Waals surface area contributed by atoms with Crippen molar-refractivity contribution in [3.8, 4) is 5.69 Å². The van der Waals surface area contributed by atoms with Gasteiger partial charge in [-0.2, -0.15) is 5.10 Å². The number of benzene rings is 2. The second kappa shape index (κ2) is 8.43. The van der Waals surface area contributed by atoms with E-state index < -0.39 is 0 Å². The molecule has 1 N–H and O–H groups in total. The largest absolute Gasteiger partial charge is 0.341 e.